The van der Waals surface area contributed by atoms with Gasteiger partial charge < -0.3 is 4.74 Å². The van der Waals surface area contributed by atoms with Gasteiger partial charge in [0.15, 0.2) is 0 Å². The number of rotatable bonds is 3. The monoisotopic (exact) mass is 287 g/mol. The van der Waals surface area contributed by atoms with Crippen LogP contribution in [0.1, 0.15) is 22.7 Å². The van der Waals surface area contributed by atoms with E-state index in [1.54, 1.807) is 11.3 Å². The fourth-order valence-electron chi connectivity index (χ4n) is 1.99. The smallest absolute Gasteiger partial charge is 0.323 e. The van der Waals surface area contributed by atoms with Crippen molar-refractivity contribution in [2.45, 2.75) is 25.4 Å². The molecule has 100 valence electrons. The van der Waals surface area contributed by atoms with E-state index in [-0.39, 0.29) is 12.0 Å². The first-order valence-electron chi connectivity index (χ1n) is 5.91. The van der Waals surface area contributed by atoms with Crippen LogP contribution in [0, 0.1) is 0 Å². The molecule has 2 heterocycles. The maximum atomic E-state index is 11.8. The summed E-state index contributed by atoms with van der Waals surface area (Å²) in [6, 6.07) is 3.68. The molecule has 3 atom stereocenters. The topological polar surface area (TPSA) is 55.4 Å². The summed E-state index contributed by atoms with van der Waals surface area (Å²) in [5.74, 6) is 0.576. The van der Waals surface area contributed by atoms with Gasteiger partial charge in [0.2, 0.25) is 0 Å². The Labute approximate surface area is 113 Å². The van der Waals surface area contributed by atoms with Gasteiger partial charge >= 0.3 is 5.97 Å². The lowest BCUT2D eigenvalue weighted by Crippen LogP contribution is -2.49. The summed E-state index contributed by atoms with van der Waals surface area (Å²) >= 11 is 1.71. The normalized spacial score (nSPS) is 28.0. The summed E-state index contributed by atoms with van der Waals surface area (Å²) in [7, 11) is 0.386. The molecule has 0 aliphatic carbocycles. The third-order valence-corrected chi connectivity index (χ3v) is 5.72. The standard InChI is InChI=1S/C12H17NO3S2/c1-3-8-4-5-11(17-8)9-6-18(15)7-10(13-9)12(14)16-2/h4-5,9-10,13H,3,6-7H2,1-2H3. The van der Waals surface area contributed by atoms with Crippen molar-refractivity contribution >= 4 is 28.1 Å². The van der Waals surface area contributed by atoms with E-state index in [9.17, 15) is 9.00 Å². The molecule has 6 heteroatoms. The summed E-state index contributed by atoms with van der Waals surface area (Å²) in [5, 5.41) is 3.23. The number of thiophene rings is 1. The van der Waals surface area contributed by atoms with E-state index < -0.39 is 16.8 Å². The summed E-state index contributed by atoms with van der Waals surface area (Å²) in [5.41, 5.74) is 0. The van der Waals surface area contributed by atoms with Crippen LogP contribution >= 0.6 is 11.3 Å². The number of aryl methyl sites for hydroxylation is 1. The fourth-order valence-corrected chi connectivity index (χ4v) is 4.50. The Morgan fingerprint density at radius 1 is 1.56 bits per heavy atom. The second-order valence-corrected chi connectivity index (χ2v) is 6.97. The molecule has 0 bridgehead atoms. The molecule has 1 saturated heterocycles. The van der Waals surface area contributed by atoms with E-state index in [1.807, 2.05) is 0 Å². The van der Waals surface area contributed by atoms with Gasteiger partial charge in [0.1, 0.15) is 6.04 Å². The predicted octanol–water partition coefficient (Wildman–Crippen LogP) is 1.25. The Bertz CT molecular complexity index is 458. The van der Waals surface area contributed by atoms with Crippen molar-refractivity contribution in [3.63, 3.8) is 0 Å². The van der Waals surface area contributed by atoms with Crippen LogP contribution in [-0.2, 0) is 26.8 Å². The minimum absolute atomic E-state index is 0.00557. The predicted molar refractivity (Wildman–Crippen MR) is 73.3 cm³/mol. The van der Waals surface area contributed by atoms with Crippen LogP contribution in [-0.4, -0.2) is 34.8 Å². The number of hydrogen-bond donors (Lipinski definition) is 1. The number of nitrogens with one attached hydrogen (secondary N) is 1. The lowest BCUT2D eigenvalue weighted by molar-refractivity contribution is -0.142. The number of ether oxygens (including phenoxy) is 1. The Kier molecular flexibility index (Phi) is 4.53. The first-order valence-corrected chi connectivity index (χ1v) is 8.22. The molecule has 1 aromatic heterocycles. The van der Waals surface area contributed by atoms with Crippen molar-refractivity contribution < 1.29 is 13.7 Å². The van der Waals surface area contributed by atoms with Gasteiger partial charge in [-0.1, -0.05) is 6.92 Å². The maximum Gasteiger partial charge on any atom is 0.323 e. The van der Waals surface area contributed by atoms with Crippen molar-refractivity contribution in [2.24, 2.45) is 0 Å². The molecule has 0 amide bonds. The first-order chi connectivity index (χ1) is 8.63. The Hall–Kier alpha value is -0.720. The molecular weight excluding hydrogens is 270 g/mol. The highest BCUT2D eigenvalue weighted by molar-refractivity contribution is 7.85. The quantitative estimate of drug-likeness (QED) is 0.850. The number of hydrogen-bond acceptors (Lipinski definition) is 5. The molecule has 18 heavy (non-hydrogen) atoms. The minimum Gasteiger partial charge on any atom is -0.468 e. The molecule has 4 nitrogen and oxygen atoms in total. The van der Waals surface area contributed by atoms with E-state index in [0.717, 1.165) is 11.3 Å². The molecule has 0 saturated carbocycles. The van der Waals surface area contributed by atoms with Crippen LogP contribution in [0.15, 0.2) is 12.1 Å². The number of carbonyl (C=O) groups excluding carboxylic acids is 1. The van der Waals surface area contributed by atoms with E-state index in [2.05, 4.69) is 24.4 Å². The molecular formula is C12H17NO3S2. The van der Waals surface area contributed by atoms with Gasteiger partial charge in [-0.15, -0.1) is 11.3 Å². The first kappa shape index (κ1) is 13.7. The Morgan fingerprint density at radius 2 is 2.33 bits per heavy atom. The van der Waals surface area contributed by atoms with Gasteiger partial charge in [-0.3, -0.25) is 14.3 Å². The van der Waals surface area contributed by atoms with Gasteiger partial charge in [-0.2, -0.15) is 0 Å². The third-order valence-electron chi connectivity index (χ3n) is 2.97. The number of methoxy groups -OCH3 is 1. The maximum absolute atomic E-state index is 11.8. The van der Waals surface area contributed by atoms with Crippen molar-refractivity contribution in [1.82, 2.24) is 5.32 Å². The number of carbonyl (C=O) groups is 1. The van der Waals surface area contributed by atoms with Crippen LogP contribution in [0.3, 0.4) is 0 Å². The zero-order chi connectivity index (χ0) is 13.1. The summed E-state index contributed by atoms with van der Waals surface area (Å²) in [6.45, 7) is 2.11. The average Bonchev–Trinajstić information content (AvgIpc) is 2.85. The second kappa shape index (κ2) is 5.95. The van der Waals surface area contributed by atoms with Crippen molar-refractivity contribution in [1.29, 1.82) is 0 Å². The van der Waals surface area contributed by atoms with Gasteiger partial charge in [-0.25, -0.2) is 0 Å². The highest BCUT2D eigenvalue weighted by Crippen LogP contribution is 2.27. The molecule has 0 aromatic carbocycles. The van der Waals surface area contributed by atoms with Crippen LogP contribution in [0.25, 0.3) is 0 Å². The van der Waals surface area contributed by atoms with E-state index in [4.69, 9.17) is 4.74 Å². The fraction of sp³-hybridized carbons (Fsp3) is 0.583. The zero-order valence-electron chi connectivity index (χ0n) is 10.5. The summed E-state index contributed by atoms with van der Waals surface area (Å²) in [4.78, 5) is 14.0. The minimum atomic E-state index is -0.972. The van der Waals surface area contributed by atoms with Gasteiger partial charge in [-0.05, 0) is 18.6 Å². The van der Waals surface area contributed by atoms with Gasteiger partial charge in [0, 0.05) is 32.1 Å². The Morgan fingerprint density at radius 3 is 2.94 bits per heavy atom. The van der Waals surface area contributed by atoms with Crippen LogP contribution in [0.5, 0.6) is 0 Å². The highest BCUT2D eigenvalue weighted by atomic mass is 32.2. The molecule has 3 unspecified atom stereocenters. The van der Waals surface area contributed by atoms with E-state index >= 15 is 0 Å². The third kappa shape index (κ3) is 2.99. The molecule has 1 aliphatic rings. The lowest BCUT2D eigenvalue weighted by atomic mass is 10.2. The SMILES string of the molecule is CCc1ccc(C2CS(=O)CC(C(=O)OC)N2)s1. The molecule has 1 aliphatic heterocycles. The molecule has 1 aromatic rings. The highest BCUT2D eigenvalue weighted by Gasteiger charge is 2.32. The van der Waals surface area contributed by atoms with Crippen molar-refractivity contribution in [2.75, 3.05) is 18.6 Å². The van der Waals surface area contributed by atoms with Crippen LogP contribution < -0.4 is 5.32 Å². The average molecular weight is 287 g/mol. The largest absolute Gasteiger partial charge is 0.468 e. The van der Waals surface area contributed by atoms with E-state index in [0.29, 0.717) is 11.5 Å². The van der Waals surface area contributed by atoms with Gasteiger partial charge in [0.05, 0.1) is 13.2 Å². The van der Waals surface area contributed by atoms with E-state index in [1.165, 1.54) is 12.0 Å². The summed E-state index contributed by atoms with van der Waals surface area (Å²) in [6.07, 6.45) is 1.00. The van der Waals surface area contributed by atoms with Crippen molar-refractivity contribution in [3.05, 3.63) is 21.9 Å². The summed E-state index contributed by atoms with van der Waals surface area (Å²) < 4.78 is 16.5. The molecule has 2 rings (SSSR count). The molecule has 0 spiro atoms. The zero-order valence-corrected chi connectivity index (χ0v) is 12.1. The van der Waals surface area contributed by atoms with Gasteiger partial charge in [0.25, 0.3) is 0 Å². The molecule has 0 radical (unpaired) electrons. The van der Waals surface area contributed by atoms with Crippen LogP contribution in [0.2, 0.25) is 0 Å². The second-order valence-electron chi connectivity index (χ2n) is 4.23. The lowest BCUT2D eigenvalue weighted by Gasteiger charge is -2.28. The van der Waals surface area contributed by atoms with Crippen molar-refractivity contribution in [3.8, 4) is 0 Å². The van der Waals surface area contributed by atoms with Crippen LogP contribution in [0.4, 0.5) is 0 Å². The Balaban J connectivity index is 2.13. The molecule has 1 N–H and O–H groups in total. The molecule has 1 fully saturated rings. The number of esters is 1.